The molecule has 0 saturated heterocycles. The number of nitrogens with zero attached hydrogens (tertiary/aromatic N) is 2. The average Bonchev–Trinajstić information content (AvgIpc) is 3.13. The fraction of sp³-hybridized carbons (Fsp3) is 0.111. The van der Waals surface area contributed by atoms with E-state index in [2.05, 4.69) is 25.6 Å². The van der Waals surface area contributed by atoms with Crippen molar-refractivity contribution in [1.82, 2.24) is 10.3 Å². The lowest BCUT2D eigenvalue weighted by molar-refractivity contribution is -0.119. The lowest BCUT2D eigenvalue weighted by Gasteiger charge is -2.09. The molecule has 150 valence electrons. The van der Waals surface area contributed by atoms with Gasteiger partial charge in [0.1, 0.15) is 11.5 Å². The number of carbonyl (C=O) groups is 2. The number of aromatic nitrogens is 2. The van der Waals surface area contributed by atoms with Gasteiger partial charge >= 0.3 is 0 Å². The summed E-state index contributed by atoms with van der Waals surface area (Å²) in [5.74, 6) is -0.555. The largest absolute Gasteiger partial charge is 0.482 e. The lowest BCUT2D eigenvalue weighted by atomic mass is 10.3. The fourth-order valence-electron chi connectivity index (χ4n) is 2.10. The van der Waals surface area contributed by atoms with Crippen LogP contribution in [0.15, 0.2) is 53.2 Å². The van der Waals surface area contributed by atoms with Crippen LogP contribution in [0.4, 0.5) is 11.6 Å². The first-order valence-electron chi connectivity index (χ1n) is 8.20. The third-order valence-electron chi connectivity index (χ3n) is 3.40. The number of carbonyl (C=O) groups excluding carboxylic acids is 2. The van der Waals surface area contributed by atoms with Gasteiger partial charge in [0.15, 0.2) is 13.2 Å². The molecule has 2 aromatic carbocycles. The highest BCUT2D eigenvalue weighted by Crippen LogP contribution is 2.24. The van der Waals surface area contributed by atoms with Gasteiger partial charge in [-0.3, -0.25) is 9.59 Å². The van der Waals surface area contributed by atoms with E-state index in [1.807, 2.05) is 0 Å². The Labute approximate surface area is 174 Å². The van der Waals surface area contributed by atoms with E-state index in [0.717, 1.165) is 0 Å². The topological polar surface area (TPSA) is 116 Å². The lowest BCUT2D eigenvalue weighted by Crippen LogP contribution is -2.24. The second-order valence-corrected chi connectivity index (χ2v) is 6.31. The van der Waals surface area contributed by atoms with Crippen molar-refractivity contribution in [2.24, 2.45) is 0 Å². The maximum absolute atomic E-state index is 12.0. The van der Waals surface area contributed by atoms with Crippen molar-refractivity contribution in [3.8, 4) is 11.5 Å². The number of hydrogen-bond acceptors (Lipinski definition) is 7. The van der Waals surface area contributed by atoms with Gasteiger partial charge in [0, 0.05) is 0 Å². The SMILES string of the molecule is O=C(COc1ccccc1Cl)Nc1nonc1NC(=O)COc1ccccc1Cl. The van der Waals surface area contributed by atoms with Crippen LogP contribution in [0.5, 0.6) is 11.5 Å². The van der Waals surface area contributed by atoms with Crippen molar-refractivity contribution in [2.75, 3.05) is 23.8 Å². The van der Waals surface area contributed by atoms with Crippen LogP contribution in [0.3, 0.4) is 0 Å². The molecule has 0 saturated carbocycles. The van der Waals surface area contributed by atoms with E-state index in [9.17, 15) is 9.59 Å². The highest BCUT2D eigenvalue weighted by Gasteiger charge is 2.17. The summed E-state index contributed by atoms with van der Waals surface area (Å²) in [4.78, 5) is 24.1. The van der Waals surface area contributed by atoms with Crippen molar-refractivity contribution in [2.45, 2.75) is 0 Å². The summed E-state index contributed by atoms with van der Waals surface area (Å²) in [6, 6.07) is 13.4. The predicted octanol–water partition coefficient (Wildman–Crippen LogP) is 3.41. The smallest absolute Gasteiger partial charge is 0.263 e. The quantitative estimate of drug-likeness (QED) is 0.555. The molecule has 9 nitrogen and oxygen atoms in total. The Morgan fingerprint density at radius 1 is 0.793 bits per heavy atom. The second-order valence-electron chi connectivity index (χ2n) is 5.50. The van der Waals surface area contributed by atoms with Gasteiger partial charge in [-0.05, 0) is 34.6 Å². The van der Waals surface area contributed by atoms with Crippen LogP contribution in [-0.2, 0) is 9.59 Å². The summed E-state index contributed by atoms with van der Waals surface area (Å²) >= 11 is 11.9. The zero-order chi connectivity index (χ0) is 20.6. The van der Waals surface area contributed by atoms with Gasteiger partial charge in [0.05, 0.1) is 10.0 Å². The standard InChI is InChI=1S/C18H14Cl2N4O5/c19-11-5-1-3-7-13(11)27-9-15(25)21-17-18(24-29-23-17)22-16(26)10-28-14-8-4-2-6-12(14)20/h1-8H,9-10H2,(H,21,23,25)(H,22,24,26). The third kappa shape index (κ3) is 5.84. The van der Waals surface area contributed by atoms with Gasteiger partial charge in [0.2, 0.25) is 11.6 Å². The Morgan fingerprint density at radius 3 is 1.62 bits per heavy atom. The number of benzene rings is 2. The first-order chi connectivity index (χ1) is 14.0. The summed E-state index contributed by atoms with van der Waals surface area (Å²) in [5.41, 5.74) is 0. The Morgan fingerprint density at radius 2 is 1.21 bits per heavy atom. The fourth-order valence-corrected chi connectivity index (χ4v) is 2.48. The molecule has 0 fully saturated rings. The molecule has 0 spiro atoms. The summed E-state index contributed by atoms with van der Waals surface area (Å²) in [6.07, 6.45) is 0. The van der Waals surface area contributed by atoms with Crippen molar-refractivity contribution in [3.05, 3.63) is 58.6 Å². The molecule has 2 amide bonds. The van der Waals surface area contributed by atoms with E-state index in [-0.39, 0.29) is 24.8 Å². The summed E-state index contributed by atoms with van der Waals surface area (Å²) in [6.45, 7) is -0.667. The molecule has 1 aromatic heterocycles. The van der Waals surface area contributed by atoms with Crippen LogP contribution in [0.2, 0.25) is 10.0 Å². The molecule has 0 aliphatic carbocycles. The maximum Gasteiger partial charge on any atom is 0.263 e. The van der Waals surface area contributed by atoms with Gasteiger partial charge in [-0.25, -0.2) is 4.63 Å². The molecule has 0 atom stereocenters. The highest BCUT2D eigenvalue weighted by molar-refractivity contribution is 6.32. The molecule has 3 rings (SSSR count). The third-order valence-corrected chi connectivity index (χ3v) is 4.02. The minimum absolute atomic E-state index is 0.0798. The van der Waals surface area contributed by atoms with Gasteiger partial charge in [-0.1, -0.05) is 47.5 Å². The molecule has 1 heterocycles. The number of para-hydroxylation sites is 2. The van der Waals surface area contributed by atoms with Gasteiger partial charge in [-0.15, -0.1) is 0 Å². The summed E-state index contributed by atoms with van der Waals surface area (Å²) in [5, 5.41) is 12.7. The Bertz CT molecular complexity index is 933. The molecule has 2 N–H and O–H groups in total. The molecule has 0 unspecified atom stereocenters. The van der Waals surface area contributed by atoms with E-state index in [0.29, 0.717) is 21.5 Å². The predicted molar refractivity (Wildman–Crippen MR) is 105 cm³/mol. The summed E-state index contributed by atoms with van der Waals surface area (Å²) in [7, 11) is 0. The normalized spacial score (nSPS) is 10.3. The number of anilines is 2. The molecular formula is C18H14Cl2N4O5. The highest BCUT2D eigenvalue weighted by atomic mass is 35.5. The molecule has 0 bridgehead atoms. The molecular weight excluding hydrogens is 423 g/mol. The van der Waals surface area contributed by atoms with Gasteiger partial charge in [-0.2, -0.15) is 0 Å². The molecule has 0 aliphatic rings. The monoisotopic (exact) mass is 436 g/mol. The van der Waals surface area contributed by atoms with Gasteiger partial charge < -0.3 is 20.1 Å². The average molecular weight is 437 g/mol. The molecule has 0 radical (unpaired) electrons. The van der Waals surface area contributed by atoms with Crippen LogP contribution in [0, 0.1) is 0 Å². The zero-order valence-corrected chi connectivity index (χ0v) is 16.2. The Kier molecular flexibility index (Phi) is 6.88. The number of nitrogens with one attached hydrogen (secondary N) is 2. The minimum Gasteiger partial charge on any atom is -0.482 e. The molecule has 3 aromatic rings. The van der Waals surface area contributed by atoms with Crippen LogP contribution >= 0.6 is 23.2 Å². The van der Waals surface area contributed by atoms with Crippen molar-refractivity contribution in [1.29, 1.82) is 0 Å². The summed E-state index contributed by atoms with van der Waals surface area (Å²) < 4.78 is 15.2. The van der Waals surface area contributed by atoms with Crippen LogP contribution in [0.1, 0.15) is 0 Å². The van der Waals surface area contributed by atoms with Crippen LogP contribution in [0.25, 0.3) is 0 Å². The van der Waals surface area contributed by atoms with Crippen LogP contribution in [-0.4, -0.2) is 35.3 Å². The first kappa shape index (κ1) is 20.4. The van der Waals surface area contributed by atoms with Crippen molar-refractivity contribution >= 4 is 46.7 Å². The Balaban J connectivity index is 1.51. The number of amides is 2. The number of rotatable bonds is 8. The maximum atomic E-state index is 12.0. The number of halogens is 2. The minimum atomic E-state index is -0.552. The molecule has 0 aliphatic heterocycles. The van der Waals surface area contributed by atoms with E-state index in [1.165, 1.54) is 0 Å². The van der Waals surface area contributed by atoms with E-state index < -0.39 is 11.8 Å². The second kappa shape index (κ2) is 9.76. The van der Waals surface area contributed by atoms with E-state index in [4.69, 9.17) is 32.7 Å². The van der Waals surface area contributed by atoms with Crippen molar-refractivity contribution < 1.29 is 23.7 Å². The first-order valence-corrected chi connectivity index (χ1v) is 8.95. The van der Waals surface area contributed by atoms with E-state index >= 15 is 0 Å². The molecule has 29 heavy (non-hydrogen) atoms. The number of ether oxygens (including phenoxy) is 2. The Hall–Kier alpha value is -3.30. The van der Waals surface area contributed by atoms with Crippen molar-refractivity contribution in [3.63, 3.8) is 0 Å². The van der Waals surface area contributed by atoms with Crippen LogP contribution < -0.4 is 20.1 Å². The van der Waals surface area contributed by atoms with E-state index in [1.54, 1.807) is 48.5 Å². The zero-order valence-electron chi connectivity index (χ0n) is 14.7. The molecule has 11 heteroatoms. The number of hydrogen-bond donors (Lipinski definition) is 2. The van der Waals surface area contributed by atoms with Gasteiger partial charge in [0.25, 0.3) is 11.8 Å².